The number of rotatable bonds is 4. The minimum absolute atomic E-state index is 0.0209. The zero-order chi connectivity index (χ0) is 15.8. The number of carboxylic acids is 1. The lowest BCUT2D eigenvalue weighted by Gasteiger charge is -2.27. The summed E-state index contributed by atoms with van der Waals surface area (Å²) >= 11 is 0. The van der Waals surface area contributed by atoms with Crippen LogP contribution in [0.15, 0.2) is 4.42 Å². The lowest BCUT2D eigenvalue weighted by atomic mass is 9.78. The van der Waals surface area contributed by atoms with E-state index < -0.39 is 5.97 Å². The highest BCUT2D eigenvalue weighted by atomic mass is 16.4. The Balaban J connectivity index is 2.50. The molecule has 1 aliphatic rings. The lowest BCUT2D eigenvalue weighted by molar-refractivity contribution is 0.0653. The molecule has 0 aliphatic heterocycles. The molecule has 0 unspecified atom stereocenters. The van der Waals surface area contributed by atoms with E-state index in [1.807, 2.05) is 20.8 Å². The number of nitrogens with zero attached hydrogens (tertiary/aromatic N) is 1. The predicted molar refractivity (Wildman–Crippen MR) is 81.8 cm³/mol. The molecule has 1 N–H and O–H groups in total. The fourth-order valence-corrected chi connectivity index (χ4v) is 3.54. The summed E-state index contributed by atoms with van der Waals surface area (Å²) in [6.45, 7) is 10.3. The van der Waals surface area contributed by atoms with E-state index in [9.17, 15) is 9.90 Å². The van der Waals surface area contributed by atoms with Gasteiger partial charge in [0, 0.05) is 10.8 Å². The van der Waals surface area contributed by atoms with Crippen LogP contribution in [0.3, 0.4) is 0 Å². The van der Waals surface area contributed by atoms with Crippen molar-refractivity contribution in [3.63, 3.8) is 0 Å². The number of hydrogen-bond donors (Lipinski definition) is 1. The number of carbonyl (C=O) groups is 1. The first-order valence-corrected chi connectivity index (χ1v) is 7.91. The third kappa shape index (κ3) is 3.14. The molecule has 4 nitrogen and oxygen atoms in total. The second-order valence-electron chi connectivity index (χ2n) is 7.84. The molecule has 1 heterocycles. The molecule has 1 saturated carbocycles. The number of aromatic carboxylic acids is 1. The average Bonchev–Trinajstić information content (AvgIpc) is 2.92. The first kappa shape index (κ1) is 16.1. The van der Waals surface area contributed by atoms with Crippen LogP contribution >= 0.6 is 0 Å². The van der Waals surface area contributed by atoms with Crippen LogP contribution in [0.1, 0.15) is 88.9 Å². The van der Waals surface area contributed by atoms with Crippen molar-refractivity contribution in [3.05, 3.63) is 17.3 Å². The molecule has 1 fully saturated rings. The SMILES string of the molecule is CC(C)CC1(c2nc(C(C)(C)C)c(C(=O)O)o2)CCCC1. The van der Waals surface area contributed by atoms with Crippen LogP contribution in [0.2, 0.25) is 0 Å². The number of hydrogen-bond acceptors (Lipinski definition) is 3. The van der Waals surface area contributed by atoms with Crippen LogP contribution in [0.4, 0.5) is 0 Å². The van der Waals surface area contributed by atoms with Crippen LogP contribution in [0.5, 0.6) is 0 Å². The van der Waals surface area contributed by atoms with E-state index in [4.69, 9.17) is 4.42 Å². The fourth-order valence-electron chi connectivity index (χ4n) is 3.54. The second-order valence-corrected chi connectivity index (χ2v) is 7.84. The molecule has 0 bridgehead atoms. The smallest absolute Gasteiger partial charge is 0.373 e. The minimum atomic E-state index is -1.02. The van der Waals surface area contributed by atoms with Gasteiger partial charge in [-0.3, -0.25) is 0 Å². The summed E-state index contributed by atoms with van der Waals surface area (Å²) in [5, 5.41) is 9.42. The monoisotopic (exact) mass is 293 g/mol. The van der Waals surface area contributed by atoms with Crippen LogP contribution in [-0.2, 0) is 10.8 Å². The molecular formula is C17H27NO3. The zero-order valence-electron chi connectivity index (χ0n) is 13.8. The minimum Gasteiger partial charge on any atom is -0.475 e. The Hall–Kier alpha value is -1.32. The molecule has 0 spiro atoms. The van der Waals surface area contributed by atoms with Crippen LogP contribution in [0, 0.1) is 5.92 Å². The largest absolute Gasteiger partial charge is 0.475 e. The van der Waals surface area contributed by atoms with Gasteiger partial charge in [-0.2, -0.15) is 0 Å². The molecule has 0 amide bonds. The summed E-state index contributed by atoms with van der Waals surface area (Å²) in [5.74, 6) is 0.196. The van der Waals surface area contributed by atoms with Gasteiger partial charge in [0.1, 0.15) is 0 Å². The normalized spacial score (nSPS) is 18.4. The summed E-state index contributed by atoms with van der Waals surface area (Å²) in [4.78, 5) is 16.2. The first-order chi connectivity index (χ1) is 9.66. The lowest BCUT2D eigenvalue weighted by Crippen LogP contribution is -2.25. The van der Waals surface area contributed by atoms with Gasteiger partial charge in [-0.1, -0.05) is 47.5 Å². The summed E-state index contributed by atoms with van der Waals surface area (Å²) in [5.41, 5.74) is 0.176. The summed E-state index contributed by atoms with van der Waals surface area (Å²) < 4.78 is 5.78. The number of aromatic nitrogens is 1. The predicted octanol–water partition coefficient (Wildman–Crippen LogP) is 4.53. The van der Waals surface area contributed by atoms with Gasteiger partial charge in [-0.25, -0.2) is 9.78 Å². The summed E-state index contributed by atoms with van der Waals surface area (Å²) in [6.07, 6.45) is 5.45. The third-order valence-electron chi connectivity index (χ3n) is 4.35. The quantitative estimate of drug-likeness (QED) is 0.886. The standard InChI is InChI=1S/C17H27NO3/c1-11(2)10-17(8-6-7-9-17)15-18-13(16(3,4)5)12(21-15)14(19)20/h11H,6-10H2,1-5H3,(H,19,20). The van der Waals surface area contributed by atoms with E-state index in [1.54, 1.807) is 0 Å². The molecule has 2 rings (SSSR count). The fraction of sp³-hybridized carbons (Fsp3) is 0.765. The molecule has 0 saturated heterocycles. The molecule has 1 aliphatic carbocycles. The Kier molecular flexibility index (Phi) is 4.18. The molecule has 1 aromatic rings. The van der Waals surface area contributed by atoms with Crippen molar-refractivity contribution in [2.75, 3.05) is 0 Å². The number of oxazole rings is 1. The maximum absolute atomic E-state index is 11.5. The Morgan fingerprint density at radius 2 is 1.90 bits per heavy atom. The summed E-state index contributed by atoms with van der Waals surface area (Å²) in [7, 11) is 0. The van der Waals surface area contributed by atoms with E-state index in [0.29, 0.717) is 17.5 Å². The Bertz CT molecular complexity index is 517. The Morgan fingerprint density at radius 3 is 2.29 bits per heavy atom. The van der Waals surface area contributed by atoms with Gasteiger partial charge in [0.25, 0.3) is 0 Å². The van der Waals surface area contributed by atoms with Crippen molar-refractivity contribution in [1.82, 2.24) is 4.98 Å². The highest BCUT2D eigenvalue weighted by Crippen LogP contribution is 2.46. The first-order valence-electron chi connectivity index (χ1n) is 7.91. The van der Waals surface area contributed by atoms with E-state index in [1.165, 1.54) is 12.8 Å². The third-order valence-corrected chi connectivity index (χ3v) is 4.35. The molecular weight excluding hydrogens is 266 g/mol. The van der Waals surface area contributed by atoms with E-state index in [0.717, 1.165) is 19.3 Å². The topological polar surface area (TPSA) is 63.3 Å². The van der Waals surface area contributed by atoms with Crippen LogP contribution in [-0.4, -0.2) is 16.1 Å². The van der Waals surface area contributed by atoms with Gasteiger partial charge in [0.15, 0.2) is 0 Å². The van der Waals surface area contributed by atoms with Gasteiger partial charge >= 0.3 is 5.97 Å². The maximum atomic E-state index is 11.5. The van der Waals surface area contributed by atoms with E-state index >= 15 is 0 Å². The Morgan fingerprint density at radius 1 is 1.33 bits per heavy atom. The molecule has 21 heavy (non-hydrogen) atoms. The molecule has 4 heteroatoms. The highest BCUT2D eigenvalue weighted by molar-refractivity contribution is 5.86. The average molecular weight is 293 g/mol. The van der Waals surface area contributed by atoms with Gasteiger partial charge in [-0.05, 0) is 25.2 Å². The van der Waals surface area contributed by atoms with Gasteiger partial charge in [0.05, 0.1) is 5.69 Å². The number of carboxylic acid groups (broad SMARTS) is 1. The van der Waals surface area contributed by atoms with Crippen LogP contribution in [0.25, 0.3) is 0 Å². The molecule has 1 aromatic heterocycles. The highest BCUT2D eigenvalue weighted by Gasteiger charge is 2.42. The van der Waals surface area contributed by atoms with E-state index in [2.05, 4.69) is 18.8 Å². The van der Waals surface area contributed by atoms with Crippen molar-refractivity contribution in [2.24, 2.45) is 5.92 Å². The van der Waals surface area contributed by atoms with Gasteiger partial charge in [0.2, 0.25) is 11.7 Å². The second kappa shape index (κ2) is 5.47. The summed E-state index contributed by atoms with van der Waals surface area (Å²) in [6, 6.07) is 0. The van der Waals surface area contributed by atoms with Crippen molar-refractivity contribution >= 4 is 5.97 Å². The van der Waals surface area contributed by atoms with Crippen LogP contribution < -0.4 is 0 Å². The molecule has 0 atom stereocenters. The van der Waals surface area contributed by atoms with Crippen molar-refractivity contribution in [3.8, 4) is 0 Å². The maximum Gasteiger partial charge on any atom is 0.373 e. The van der Waals surface area contributed by atoms with Crippen molar-refractivity contribution in [1.29, 1.82) is 0 Å². The molecule has 0 aromatic carbocycles. The van der Waals surface area contributed by atoms with Crippen molar-refractivity contribution in [2.45, 2.75) is 77.6 Å². The molecule has 0 radical (unpaired) electrons. The molecule has 118 valence electrons. The van der Waals surface area contributed by atoms with Gasteiger partial charge < -0.3 is 9.52 Å². The Labute approximate surface area is 127 Å². The van der Waals surface area contributed by atoms with Gasteiger partial charge in [-0.15, -0.1) is 0 Å². The van der Waals surface area contributed by atoms with E-state index in [-0.39, 0.29) is 16.6 Å². The van der Waals surface area contributed by atoms with Crippen molar-refractivity contribution < 1.29 is 14.3 Å². The zero-order valence-corrected chi connectivity index (χ0v) is 13.8.